The third-order valence-electron chi connectivity index (χ3n) is 9.41. The lowest BCUT2D eigenvalue weighted by molar-refractivity contribution is -0.684. The van der Waals surface area contributed by atoms with Crippen LogP contribution in [0.15, 0.2) is 61.2 Å². The van der Waals surface area contributed by atoms with Gasteiger partial charge in [0.25, 0.3) is 11.8 Å². The summed E-state index contributed by atoms with van der Waals surface area (Å²) in [4.78, 5) is 23.6. The molecule has 0 bridgehead atoms. The summed E-state index contributed by atoms with van der Waals surface area (Å²) in [5.74, 6) is 0.212. The number of pyridine rings is 2. The van der Waals surface area contributed by atoms with Crippen molar-refractivity contribution >= 4 is 11.8 Å². The molecule has 0 radical (unpaired) electrons. The van der Waals surface area contributed by atoms with Crippen LogP contribution >= 0.6 is 0 Å². The maximum absolute atomic E-state index is 11.8. The molecule has 6 heteroatoms. The number of unbranched alkanes of at least 4 members (excludes halogenated alkanes) is 24. The van der Waals surface area contributed by atoms with E-state index in [-0.39, 0.29) is 11.8 Å². The van der Waals surface area contributed by atoms with Gasteiger partial charge in [0.1, 0.15) is 0 Å². The lowest BCUT2D eigenvalue weighted by Crippen LogP contribution is -2.42. The number of hydrogen-bond donors (Lipinski definition) is 2. The monoisotopic (exact) mass is 695 g/mol. The highest BCUT2D eigenvalue weighted by atomic mass is 16.2. The molecule has 2 heterocycles. The van der Waals surface area contributed by atoms with Crippen molar-refractivity contribution in [1.29, 1.82) is 0 Å². The molecule has 284 valence electrons. The van der Waals surface area contributed by atoms with E-state index in [1.165, 1.54) is 154 Å². The molecular weight excluding hydrogens is 617 g/mol. The van der Waals surface area contributed by atoms with Crippen LogP contribution in [0, 0.1) is 0 Å². The fourth-order valence-electron chi connectivity index (χ4n) is 6.26. The van der Waals surface area contributed by atoms with E-state index in [1.54, 1.807) is 0 Å². The molecule has 2 N–H and O–H groups in total. The number of rotatable bonds is 32. The highest BCUT2D eigenvalue weighted by Gasteiger charge is 2.08. The number of aromatic nitrogens is 2. The fourth-order valence-corrected chi connectivity index (χ4v) is 6.26. The van der Waals surface area contributed by atoms with Crippen molar-refractivity contribution < 1.29 is 18.7 Å². The Kier molecular flexibility index (Phi) is 32.6. The molecule has 2 rings (SSSR count). The van der Waals surface area contributed by atoms with Crippen LogP contribution in [-0.2, 0) is 22.7 Å². The molecule has 0 saturated heterocycles. The Morgan fingerprint density at radius 3 is 0.860 bits per heavy atom. The molecule has 0 aromatic carbocycles. The van der Waals surface area contributed by atoms with E-state index in [1.807, 2.05) is 70.3 Å². The van der Waals surface area contributed by atoms with Gasteiger partial charge in [0.05, 0.1) is 0 Å². The summed E-state index contributed by atoms with van der Waals surface area (Å²) in [5.41, 5.74) is 0. The van der Waals surface area contributed by atoms with Crippen LogP contribution < -0.4 is 19.8 Å². The molecule has 0 unspecified atom stereocenters. The first-order valence-electron chi connectivity index (χ1n) is 21.1. The maximum Gasteiger partial charge on any atom is 0.285 e. The quantitative estimate of drug-likeness (QED) is 0.0591. The first-order chi connectivity index (χ1) is 24.7. The minimum Gasteiger partial charge on any atom is -0.351 e. The normalized spacial score (nSPS) is 10.8. The minimum absolute atomic E-state index is 0.104. The fraction of sp³-hybridized carbons (Fsp3) is 0.727. The number of carbonyl (C=O) groups is 2. The number of nitrogens with one attached hydrogen (secondary N) is 2. The zero-order valence-corrected chi connectivity index (χ0v) is 32.7. The van der Waals surface area contributed by atoms with E-state index >= 15 is 0 Å². The minimum atomic E-state index is 0.104. The van der Waals surface area contributed by atoms with Crippen LogP contribution in [0.5, 0.6) is 0 Å². The predicted molar refractivity (Wildman–Crippen MR) is 211 cm³/mol. The van der Waals surface area contributed by atoms with Crippen LogP contribution in [0.2, 0.25) is 0 Å². The van der Waals surface area contributed by atoms with Crippen molar-refractivity contribution in [2.75, 3.05) is 13.1 Å². The highest BCUT2D eigenvalue weighted by Crippen LogP contribution is 2.14. The van der Waals surface area contributed by atoms with Gasteiger partial charge in [0, 0.05) is 37.4 Å². The first-order valence-corrected chi connectivity index (χ1v) is 21.1. The van der Waals surface area contributed by atoms with Gasteiger partial charge in [-0.3, -0.25) is 9.59 Å². The van der Waals surface area contributed by atoms with Crippen LogP contribution in [0.3, 0.4) is 0 Å². The van der Waals surface area contributed by atoms with E-state index in [0.717, 1.165) is 25.9 Å². The number of nitrogens with zero attached hydrogens (tertiary/aromatic N) is 2. The Morgan fingerprint density at radius 1 is 0.360 bits per heavy atom. The summed E-state index contributed by atoms with van der Waals surface area (Å²) in [6, 6.07) is 11.7. The molecule has 50 heavy (non-hydrogen) atoms. The molecular formula is C44H78N4O2+2. The van der Waals surface area contributed by atoms with Crippen molar-refractivity contribution in [3.63, 3.8) is 0 Å². The van der Waals surface area contributed by atoms with Gasteiger partial charge in [0.15, 0.2) is 24.8 Å². The summed E-state index contributed by atoms with van der Waals surface area (Å²) in [7, 11) is 0. The number of carbonyl (C=O) groups excluding carboxylic acids is 2. The van der Waals surface area contributed by atoms with Gasteiger partial charge in [-0.25, -0.2) is 0 Å². The molecule has 0 saturated carbocycles. The summed E-state index contributed by atoms with van der Waals surface area (Å²) in [6.45, 7) is 7.00. The molecule has 2 amide bonds. The predicted octanol–water partition coefficient (Wildman–Crippen LogP) is 10.4. The maximum atomic E-state index is 11.8. The van der Waals surface area contributed by atoms with Gasteiger partial charge < -0.3 is 10.6 Å². The van der Waals surface area contributed by atoms with E-state index in [0.29, 0.717) is 13.1 Å². The topological polar surface area (TPSA) is 66.0 Å². The second-order valence-corrected chi connectivity index (χ2v) is 14.3. The summed E-state index contributed by atoms with van der Waals surface area (Å²) >= 11 is 0. The Hall–Kier alpha value is -2.76. The summed E-state index contributed by atoms with van der Waals surface area (Å²) in [5, 5.41) is 6.02. The van der Waals surface area contributed by atoms with Gasteiger partial charge in [-0.2, -0.15) is 9.13 Å². The standard InChI is InChI=1S/C25H44N2O.C19H32N2O/c1-2-3-4-5-6-7-8-9-10-11-12-13-14-15-16-18-21-26-25(28)24-27-22-19-17-20-23-27;1-2-3-4-5-6-7-8-9-10-12-15-20-19(22)18-21-16-13-11-14-17-21/h17,19-20,22-23H,2-16,18,21,24H2,1H3;11,13-14,16-17H,2-10,12,15,18H2,1H3/p+2. The molecule has 0 aliphatic rings. The van der Waals surface area contributed by atoms with Gasteiger partial charge in [0.2, 0.25) is 13.1 Å². The van der Waals surface area contributed by atoms with E-state index < -0.39 is 0 Å². The average Bonchev–Trinajstić information content (AvgIpc) is 3.13. The molecule has 0 aliphatic heterocycles. The van der Waals surface area contributed by atoms with Gasteiger partial charge in [-0.15, -0.1) is 0 Å². The summed E-state index contributed by atoms with van der Waals surface area (Å²) in [6.07, 6.45) is 43.0. The van der Waals surface area contributed by atoms with E-state index in [2.05, 4.69) is 24.5 Å². The van der Waals surface area contributed by atoms with Gasteiger partial charge in [-0.1, -0.05) is 180 Å². The molecule has 2 aromatic rings. The molecule has 0 fully saturated rings. The van der Waals surface area contributed by atoms with Crippen molar-refractivity contribution in [3.05, 3.63) is 61.2 Å². The van der Waals surface area contributed by atoms with Gasteiger partial charge >= 0.3 is 0 Å². The lowest BCUT2D eigenvalue weighted by Gasteiger charge is -2.04. The summed E-state index contributed by atoms with van der Waals surface area (Å²) < 4.78 is 3.80. The SMILES string of the molecule is CCCCCCCCCCCCCCCCCCNC(=O)C[n+]1ccccc1.CCCCCCCCCCCCNC(=O)C[n+]1ccccc1. The van der Waals surface area contributed by atoms with Crippen LogP contribution in [0.25, 0.3) is 0 Å². The Balaban J connectivity index is 0.000000515. The van der Waals surface area contributed by atoms with Crippen LogP contribution in [0.4, 0.5) is 0 Å². The zero-order valence-electron chi connectivity index (χ0n) is 32.7. The zero-order chi connectivity index (χ0) is 36.0. The smallest absolute Gasteiger partial charge is 0.285 e. The van der Waals surface area contributed by atoms with E-state index in [4.69, 9.17) is 0 Å². The second-order valence-electron chi connectivity index (χ2n) is 14.3. The van der Waals surface area contributed by atoms with Gasteiger partial charge in [-0.05, 0) is 12.8 Å². The van der Waals surface area contributed by atoms with Crippen molar-refractivity contribution in [3.8, 4) is 0 Å². The lowest BCUT2D eigenvalue weighted by atomic mass is 10.0. The van der Waals surface area contributed by atoms with Crippen LogP contribution in [0.1, 0.15) is 181 Å². The molecule has 0 atom stereocenters. The third kappa shape index (κ3) is 31.2. The largest absolute Gasteiger partial charge is 0.351 e. The highest BCUT2D eigenvalue weighted by molar-refractivity contribution is 5.74. The second kappa shape index (κ2) is 36.0. The number of amides is 2. The van der Waals surface area contributed by atoms with Crippen molar-refractivity contribution in [2.45, 2.75) is 194 Å². The average molecular weight is 695 g/mol. The van der Waals surface area contributed by atoms with E-state index in [9.17, 15) is 9.59 Å². The Morgan fingerprint density at radius 2 is 0.600 bits per heavy atom. The number of hydrogen-bond acceptors (Lipinski definition) is 2. The Bertz CT molecular complexity index is 1000. The Labute approximate surface area is 308 Å². The van der Waals surface area contributed by atoms with Crippen LogP contribution in [-0.4, -0.2) is 24.9 Å². The molecule has 6 nitrogen and oxygen atoms in total. The van der Waals surface area contributed by atoms with Crippen molar-refractivity contribution in [2.24, 2.45) is 0 Å². The molecule has 0 aliphatic carbocycles. The van der Waals surface area contributed by atoms with Crippen molar-refractivity contribution in [1.82, 2.24) is 10.6 Å². The third-order valence-corrected chi connectivity index (χ3v) is 9.41. The first kappa shape index (κ1) is 45.3. The molecule has 0 spiro atoms. The molecule has 2 aromatic heterocycles.